The number of aromatic nitrogens is 3. The molecule has 5 rings (SSSR count). The lowest BCUT2D eigenvalue weighted by Crippen LogP contribution is -2.31. The van der Waals surface area contributed by atoms with Crippen LogP contribution in [0.3, 0.4) is 0 Å². The van der Waals surface area contributed by atoms with Gasteiger partial charge in [0.15, 0.2) is 11.5 Å². The summed E-state index contributed by atoms with van der Waals surface area (Å²) < 4.78 is 18.2. The van der Waals surface area contributed by atoms with Crippen molar-refractivity contribution in [2.24, 2.45) is 5.73 Å². The number of hydrogen-bond acceptors (Lipinski definition) is 8. The number of fused-ring (bicyclic) bond motifs is 1. The van der Waals surface area contributed by atoms with Gasteiger partial charge in [-0.3, -0.25) is 19.1 Å². The van der Waals surface area contributed by atoms with Crippen molar-refractivity contribution in [1.82, 2.24) is 14.5 Å². The van der Waals surface area contributed by atoms with Crippen molar-refractivity contribution in [3.05, 3.63) is 107 Å². The van der Waals surface area contributed by atoms with Crippen LogP contribution in [0.4, 0.5) is 5.82 Å². The maximum atomic E-state index is 13.2. The van der Waals surface area contributed by atoms with Crippen molar-refractivity contribution in [1.29, 1.82) is 0 Å². The lowest BCUT2D eigenvalue weighted by molar-refractivity contribution is 0.102. The number of benzene rings is 2. The monoisotopic (exact) mass is 523 g/mol. The number of nitrogens with zero attached hydrogens (tertiary/aromatic N) is 3. The number of amides is 1. The third kappa shape index (κ3) is 5.13. The Morgan fingerprint density at radius 1 is 0.923 bits per heavy atom. The molecule has 1 amide bonds. The van der Waals surface area contributed by atoms with Gasteiger partial charge < -0.3 is 25.3 Å². The van der Waals surface area contributed by atoms with E-state index < -0.39 is 11.5 Å². The molecule has 0 fully saturated rings. The van der Waals surface area contributed by atoms with Crippen molar-refractivity contribution in [2.45, 2.75) is 6.54 Å². The predicted octanol–water partition coefficient (Wildman–Crippen LogP) is 4.30. The molecule has 10 nitrogen and oxygen atoms in total. The molecule has 0 aliphatic carbocycles. The molecule has 0 bridgehead atoms. The van der Waals surface area contributed by atoms with Crippen LogP contribution in [0.1, 0.15) is 16.1 Å². The van der Waals surface area contributed by atoms with Crippen LogP contribution in [0.2, 0.25) is 0 Å². The second-order valence-corrected chi connectivity index (χ2v) is 8.39. The van der Waals surface area contributed by atoms with Crippen LogP contribution in [-0.4, -0.2) is 34.7 Å². The fraction of sp³-hybridized carbons (Fsp3) is 0.103. The molecule has 0 unspecified atom stereocenters. The molecule has 3 aromatic heterocycles. The van der Waals surface area contributed by atoms with Crippen LogP contribution >= 0.6 is 0 Å². The van der Waals surface area contributed by atoms with E-state index in [1.165, 1.54) is 16.8 Å². The van der Waals surface area contributed by atoms with E-state index in [0.29, 0.717) is 39.9 Å². The Morgan fingerprint density at radius 3 is 2.38 bits per heavy atom. The van der Waals surface area contributed by atoms with Crippen molar-refractivity contribution in [3.63, 3.8) is 0 Å². The lowest BCUT2D eigenvalue weighted by Gasteiger charge is -2.14. The SMILES string of the molecule is COc1cc2nccc(Oc3ccc(NC(=O)c4ccc(CN)n(-c5ccccc5)c4=O)nc3)c2cc1OC. The van der Waals surface area contributed by atoms with E-state index in [1.807, 2.05) is 18.2 Å². The van der Waals surface area contributed by atoms with Gasteiger partial charge in [0.1, 0.15) is 22.9 Å². The Kier molecular flexibility index (Phi) is 7.19. The zero-order chi connectivity index (χ0) is 27.4. The van der Waals surface area contributed by atoms with Crippen molar-refractivity contribution in [2.75, 3.05) is 19.5 Å². The summed E-state index contributed by atoms with van der Waals surface area (Å²) in [5.41, 5.74) is 7.20. The molecule has 0 aliphatic rings. The number of para-hydroxylation sites is 1. The predicted molar refractivity (Wildman–Crippen MR) is 147 cm³/mol. The van der Waals surface area contributed by atoms with Crippen LogP contribution in [-0.2, 0) is 6.54 Å². The zero-order valence-electron chi connectivity index (χ0n) is 21.3. The summed E-state index contributed by atoms with van der Waals surface area (Å²) in [6.45, 7) is 0.141. The molecular weight excluding hydrogens is 498 g/mol. The van der Waals surface area contributed by atoms with Gasteiger partial charge in [-0.15, -0.1) is 0 Å². The van der Waals surface area contributed by atoms with Gasteiger partial charge in [0.2, 0.25) is 0 Å². The molecule has 0 aliphatic heterocycles. The molecule has 0 saturated heterocycles. The molecule has 5 aromatic rings. The third-order valence-corrected chi connectivity index (χ3v) is 6.04. The molecular formula is C29H25N5O5. The fourth-order valence-corrected chi connectivity index (χ4v) is 4.13. The first kappa shape index (κ1) is 25.4. The summed E-state index contributed by atoms with van der Waals surface area (Å²) in [7, 11) is 3.12. The van der Waals surface area contributed by atoms with Gasteiger partial charge in [0, 0.05) is 35.6 Å². The Morgan fingerprint density at radius 2 is 1.69 bits per heavy atom. The molecule has 39 heavy (non-hydrogen) atoms. The highest BCUT2D eigenvalue weighted by Crippen LogP contribution is 2.36. The summed E-state index contributed by atoms with van der Waals surface area (Å²) in [6, 6.07) is 20.7. The van der Waals surface area contributed by atoms with Crippen LogP contribution in [0, 0.1) is 0 Å². The molecule has 0 saturated carbocycles. The highest BCUT2D eigenvalue weighted by atomic mass is 16.5. The van der Waals surface area contributed by atoms with E-state index in [1.54, 1.807) is 68.9 Å². The minimum absolute atomic E-state index is 0.0363. The standard InChI is InChI=1S/C29H25N5O5/c1-37-25-14-22-23(15-26(25)38-2)31-13-12-24(22)39-20-9-11-27(32-17-20)33-28(35)21-10-8-19(16-30)34(29(21)36)18-6-4-3-5-7-18/h3-15,17H,16,30H2,1-2H3,(H,32,33,35). The van der Waals surface area contributed by atoms with Crippen molar-refractivity contribution >= 4 is 22.6 Å². The number of methoxy groups -OCH3 is 2. The summed E-state index contributed by atoms with van der Waals surface area (Å²) in [5.74, 6) is 1.76. The van der Waals surface area contributed by atoms with Crippen molar-refractivity contribution < 1.29 is 19.0 Å². The number of anilines is 1. The van der Waals surface area contributed by atoms with Gasteiger partial charge in [-0.1, -0.05) is 18.2 Å². The minimum Gasteiger partial charge on any atom is -0.493 e. The largest absolute Gasteiger partial charge is 0.493 e. The first-order valence-electron chi connectivity index (χ1n) is 12.0. The van der Waals surface area contributed by atoms with Gasteiger partial charge in [-0.25, -0.2) is 4.98 Å². The highest BCUT2D eigenvalue weighted by molar-refractivity contribution is 6.03. The second kappa shape index (κ2) is 11.0. The first-order valence-corrected chi connectivity index (χ1v) is 12.0. The molecule has 3 heterocycles. The van der Waals surface area contributed by atoms with E-state index in [9.17, 15) is 9.59 Å². The molecule has 10 heteroatoms. The van der Waals surface area contributed by atoms with Gasteiger partial charge >= 0.3 is 0 Å². The second-order valence-electron chi connectivity index (χ2n) is 8.39. The quantitative estimate of drug-likeness (QED) is 0.308. The third-order valence-electron chi connectivity index (χ3n) is 6.04. The number of nitrogens with one attached hydrogen (secondary N) is 1. The average Bonchev–Trinajstić information content (AvgIpc) is 2.97. The maximum absolute atomic E-state index is 13.2. The maximum Gasteiger partial charge on any atom is 0.268 e. The Balaban J connectivity index is 1.37. The minimum atomic E-state index is -0.587. The van der Waals surface area contributed by atoms with E-state index in [-0.39, 0.29) is 17.9 Å². The number of nitrogens with two attached hydrogens (primary N) is 1. The molecule has 0 atom stereocenters. The van der Waals surface area contributed by atoms with Crippen LogP contribution in [0.25, 0.3) is 16.6 Å². The number of pyridine rings is 3. The summed E-state index contributed by atoms with van der Waals surface area (Å²) in [5, 5.41) is 3.40. The summed E-state index contributed by atoms with van der Waals surface area (Å²) >= 11 is 0. The number of hydrogen-bond donors (Lipinski definition) is 2. The number of rotatable bonds is 8. The lowest BCUT2D eigenvalue weighted by atomic mass is 10.2. The Hall–Kier alpha value is -5.22. The topological polar surface area (TPSA) is 131 Å². The van der Waals surface area contributed by atoms with Crippen LogP contribution in [0.15, 0.2) is 90.0 Å². The highest BCUT2D eigenvalue weighted by Gasteiger charge is 2.17. The smallest absolute Gasteiger partial charge is 0.268 e. The van der Waals surface area contributed by atoms with Gasteiger partial charge in [-0.2, -0.15) is 0 Å². The van der Waals surface area contributed by atoms with Crippen LogP contribution in [0.5, 0.6) is 23.0 Å². The molecule has 3 N–H and O–H groups in total. The fourth-order valence-electron chi connectivity index (χ4n) is 4.13. The molecule has 0 spiro atoms. The normalized spacial score (nSPS) is 10.7. The van der Waals surface area contributed by atoms with E-state index in [0.717, 1.165) is 5.39 Å². The van der Waals surface area contributed by atoms with E-state index in [2.05, 4.69) is 15.3 Å². The van der Waals surface area contributed by atoms with Crippen LogP contribution < -0.4 is 30.8 Å². The first-order chi connectivity index (χ1) is 19.0. The van der Waals surface area contributed by atoms with E-state index in [4.69, 9.17) is 19.9 Å². The average molecular weight is 524 g/mol. The van der Waals surface area contributed by atoms with Gasteiger partial charge in [0.05, 0.1) is 25.9 Å². The van der Waals surface area contributed by atoms with Gasteiger partial charge in [-0.05, 0) is 48.5 Å². The Labute approximate surface area is 223 Å². The number of carbonyl (C=O) groups is 1. The van der Waals surface area contributed by atoms with E-state index >= 15 is 0 Å². The Bertz CT molecular complexity index is 1700. The summed E-state index contributed by atoms with van der Waals surface area (Å²) in [4.78, 5) is 34.9. The zero-order valence-corrected chi connectivity index (χ0v) is 21.3. The number of carbonyl (C=O) groups excluding carboxylic acids is 1. The number of ether oxygens (including phenoxy) is 3. The molecule has 196 valence electrons. The molecule has 0 radical (unpaired) electrons. The molecule has 2 aromatic carbocycles. The summed E-state index contributed by atoms with van der Waals surface area (Å²) in [6.07, 6.45) is 3.10. The van der Waals surface area contributed by atoms with Crippen molar-refractivity contribution in [3.8, 4) is 28.7 Å². The van der Waals surface area contributed by atoms with Gasteiger partial charge in [0.25, 0.3) is 11.5 Å².